The lowest BCUT2D eigenvalue weighted by molar-refractivity contribution is -0.132. The lowest BCUT2D eigenvalue weighted by Crippen LogP contribution is -2.29. The molecule has 1 unspecified atom stereocenters. The molecular formula is C30H25NO4. The Balaban J connectivity index is 1.73. The van der Waals surface area contributed by atoms with Crippen molar-refractivity contribution in [1.82, 2.24) is 0 Å². The van der Waals surface area contributed by atoms with Crippen LogP contribution in [0.4, 0.5) is 5.69 Å². The molecule has 1 aliphatic heterocycles. The van der Waals surface area contributed by atoms with Crippen molar-refractivity contribution in [2.45, 2.75) is 19.9 Å². The monoisotopic (exact) mass is 463 g/mol. The number of fused-ring (bicyclic) bond motifs is 1. The first-order chi connectivity index (χ1) is 17.0. The quantitative estimate of drug-likeness (QED) is 0.218. The number of aliphatic hydroxyl groups is 1. The first-order valence-electron chi connectivity index (χ1n) is 11.6. The van der Waals surface area contributed by atoms with E-state index in [1.807, 2.05) is 74.5 Å². The number of hydrogen-bond donors (Lipinski definition) is 1. The zero-order valence-corrected chi connectivity index (χ0v) is 19.6. The Morgan fingerprint density at radius 2 is 1.63 bits per heavy atom. The number of benzene rings is 4. The Kier molecular flexibility index (Phi) is 5.83. The SMILES string of the molecule is CCOc1ccc(N2C(=O)C(=O)/C(=C(\O)c3cccc4ccccc34)C2c2cccc(C)c2)cc1. The number of aliphatic hydroxyl groups excluding tert-OH is 1. The van der Waals surface area contributed by atoms with Gasteiger partial charge in [0.15, 0.2) is 0 Å². The first kappa shape index (κ1) is 22.4. The summed E-state index contributed by atoms with van der Waals surface area (Å²) in [4.78, 5) is 28.3. The molecule has 0 spiro atoms. The maximum Gasteiger partial charge on any atom is 0.300 e. The number of carbonyl (C=O) groups is 2. The van der Waals surface area contributed by atoms with E-state index in [0.29, 0.717) is 23.6 Å². The zero-order chi connectivity index (χ0) is 24.5. The molecule has 1 atom stereocenters. The van der Waals surface area contributed by atoms with Gasteiger partial charge < -0.3 is 9.84 Å². The molecule has 4 aromatic carbocycles. The smallest absolute Gasteiger partial charge is 0.300 e. The van der Waals surface area contributed by atoms with Crippen LogP contribution in [0.3, 0.4) is 0 Å². The van der Waals surface area contributed by atoms with E-state index in [1.54, 1.807) is 30.3 Å². The summed E-state index contributed by atoms with van der Waals surface area (Å²) in [6.45, 7) is 4.38. The van der Waals surface area contributed by atoms with Gasteiger partial charge in [-0.15, -0.1) is 0 Å². The maximum atomic E-state index is 13.4. The summed E-state index contributed by atoms with van der Waals surface area (Å²) in [7, 11) is 0. The first-order valence-corrected chi connectivity index (χ1v) is 11.6. The Morgan fingerprint density at radius 1 is 0.914 bits per heavy atom. The Labute approximate surface area is 203 Å². The molecule has 0 bridgehead atoms. The molecule has 0 aliphatic carbocycles. The van der Waals surface area contributed by atoms with Gasteiger partial charge >= 0.3 is 0 Å². The summed E-state index contributed by atoms with van der Waals surface area (Å²) in [6, 6.07) is 27.2. The highest BCUT2D eigenvalue weighted by Crippen LogP contribution is 2.43. The van der Waals surface area contributed by atoms with Crippen molar-refractivity contribution < 1.29 is 19.4 Å². The van der Waals surface area contributed by atoms with Crippen LogP contribution in [0.15, 0.2) is 96.6 Å². The fourth-order valence-electron chi connectivity index (χ4n) is 4.70. The van der Waals surface area contributed by atoms with E-state index in [9.17, 15) is 14.7 Å². The van der Waals surface area contributed by atoms with Crippen molar-refractivity contribution in [2.24, 2.45) is 0 Å². The van der Waals surface area contributed by atoms with Crippen LogP contribution in [0.25, 0.3) is 16.5 Å². The van der Waals surface area contributed by atoms with E-state index >= 15 is 0 Å². The van der Waals surface area contributed by atoms with Crippen molar-refractivity contribution in [3.8, 4) is 5.75 Å². The van der Waals surface area contributed by atoms with Crippen LogP contribution in [-0.4, -0.2) is 23.4 Å². The van der Waals surface area contributed by atoms with E-state index in [4.69, 9.17) is 4.74 Å². The van der Waals surface area contributed by atoms with Crippen LogP contribution >= 0.6 is 0 Å². The summed E-state index contributed by atoms with van der Waals surface area (Å²) in [5.41, 5.74) is 2.89. The summed E-state index contributed by atoms with van der Waals surface area (Å²) >= 11 is 0. The number of amides is 1. The second-order valence-corrected chi connectivity index (χ2v) is 8.54. The van der Waals surface area contributed by atoms with Crippen molar-refractivity contribution >= 4 is 33.9 Å². The summed E-state index contributed by atoms with van der Waals surface area (Å²) < 4.78 is 5.54. The van der Waals surface area contributed by atoms with Crippen molar-refractivity contribution in [3.63, 3.8) is 0 Å². The lowest BCUT2D eigenvalue weighted by Gasteiger charge is -2.26. The number of ketones is 1. The third kappa shape index (κ3) is 3.95. The van der Waals surface area contributed by atoms with Gasteiger partial charge in [0, 0.05) is 11.3 Å². The molecule has 5 heteroatoms. The Hall–Kier alpha value is -4.38. The van der Waals surface area contributed by atoms with Gasteiger partial charge in [0.25, 0.3) is 11.7 Å². The minimum atomic E-state index is -0.771. The predicted molar refractivity (Wildman–Crippen MR) is 138 cm³/mol. The molecule has 1 aliphatic rings. The third-order valence-corrected chi connectivity index (χ3v) is 6.27. The number of ether oxygens (including phenoxy) is 1. The second-order valence-electron chi connectivity index (χ2n) is 8.54. The molecule has 1 heterocycles. The topological polar surface area (TPSA) is 66.8 Å². The molecule has 5 nitrogen and oxygen atoms in total. The van der Waals surface area contributed by atoms with Crippen molar-refractivity contribution in [2.75, 3.05) is 11.5 Å². The van der Waals surface area contributed by atoms with Crippen LogP contribution in [0.2, 0.25) is 0 Å². The average molecular weight is 464 g/mol. The molecular weight excluding hydrogens is 438 g/mol. The van der Waals surface area contributed by atoms with Gasteiger partial charge in [-0.05, 0) is 54.4 Å². The molecule has 5 rings (SSSR count). The highest BCUT2D eigenvalue weighted by Gasteiger charge is 2.47. The molecule has 1 amide bonds. The molecule has 0 radical (unpaired) electrons. The number of nitrogens with zero attached hydrogens (tertiary/aromatic N) is 1. The van der Waals surface area contributed by atoms with E-state index in [2.05, 4.69) is 0 Å². The minimum absolute atomic E-state index is 0.0748. The largest absolute Gasteiger partial charge is 0.507 e. The summed E-state index contributed by atoms with van der Waals surface area (Å²) in [5.74, 6) is -0.894. The van der Waals surface area contributed by atoms with Gasteiger partial charge in [0.05, 0.1) is 18.2 Å². The van der Waals surface area contributed by atoms with Gasteiger partial charge in [0.2, 0.25) is 0 Å². The molecule has 1 fully saturated rings. The van der Waals surface area contributed by atoms with Gasteiger partial charge in [-0.1, -0.05) is 72.3 Å². The summed E-state index contributed by atoms with van der Waals surface area (Å²) in [5, 5.41) is 13.3. The van der Waals surface area contributed by atoms with E-state index < -0.39 is 17.7 Å². The second kappa shape index (κ2) is 9.11. The van der Waals surface area contributed by atoms with E-state index in [-0.39, 0.29) is 11.3 Å². The maximum absolute atomic E-state index is 13.4. The minimum Gasteiger partial charge on any atom is -0.507 e. The number of anilines is 1. The molecule has 1 N–H and O–H groups in total. The lowest BCUT2D eigenvalue weighted by atomic mass is 9.92. The van der Waals surface area contributed by atoms with Gasteiger partial charge in [-0.2, -0.15) is 0 Å². The fourth-order valence-corrected chi connectivity index (χ4v) is 4.70. The Bertz CT molecular complexity index is 1460. The van der Waals surface area contributed by atoms with Crippen LogP contribution in [0.5, 0.6) is 5.75 Å². The van der Waals surface area contributed by atoms with Crippen molar-refractivity contribution in [3.05, 3.63) is 113 Å². The van der Waals surface area contributed by atoms with Gasteiger partial charge in [0.1, 0.15) is 11.5 Å². The average Bonchev–Trinajstić information content (AvgIpc) is 3.14. The van der Waals surface area contributed by atoms with Crippen LogP contribution in [-0.2, 0) is 9.59 Å². The standard InChI is InChI=1S/C30H25NO4/c1-3-35-23-16-14-22(15-17-23)31-27(21-11-6-8-19(2)18-21)26(29(33)30(31)34)28(32)25-13-7-10-20-9-4-5-12-24(20)25/h4-18,27,32H,3H2,1-2H3/b28-26-. The molecule has 4 aromatic rings. The van der Waals surface area contributed by atoms with E-state index in [0.717, 1.165) is 21.9 Å². The number of rotatable bonds is 5. The molecule has 1 saturated heterocycles. The number of carbonyl (C=O) groups excluding carboxylic acids is 2. The molecule has 35 heavy (non-hydrogen) atoms. The zero-order valence-electron chi connectivity index (χ0n) is 19.6. The van der Waals surface area contributed by atoms with Gasteiger partial charge in [-0.25, -0.2) is 0 Å². The third-order valence-electron chi connectivity index (χ3n) is 6.27. The molecule has 0 saturated carbocycles. The van der Waals surface area contributed by atoms with Crippen LogP contribution in [0.1, 0.15) is 29.7 Å². The van der Waals surface area contributed by atoms with Crippen LogP contribution in [0, 0.1) is 6.92 Å². The van der Waals surface area contributed by atoms with Crippen molar-refractivity contribution in [1.29, 1.82) is 0 Å². The number of Topliss-reactive ketones (excluding diaryl/α,β-unsaturated/α-hetero) is 1. The van der Waals surface area contributed by atoms with Gasteiger partial charge in [-0.3, -0.25) is 14.5 Å². The van der Waals surface area contributed by atoms with Crippen LogP contribution < -0.4 is 9.64 Å². The highest BCUT2D eigenvalue weighted by atomic mass is 16.5. The fraction of sp³-hybridized carbons (Fsp3) is 0.133. The van der Waals surface area contributed by atoms with E-state index in [1.165, 1.54) is 4.90 Å². The summed E-state index contributed by atoms with van der Waals surface area (Å²) in [6.07, 6.45) is 0. The molecule has 0 aromatic heterocycles. The number of hydrogen-bond acceptors (Lipinski definition) is 4. The normalized spacial score (nSPS) is 17.2. The number of aryl methyl sites for hydroxylation is 1. The Morgan fingerprint density at radius 3 is 2.37 bits per heavy atom. The highest BCUT2D eigenvalue weighted by molar-refractivity contribution is 6.51. The predicted octanol–water partition coefficient (Wildman–Crippen LogP) is 6.17. The molecule has 174 valence electrons.